The number of amides is 1. The molecule has 0 heterocycles. The van der Waals surface area contributed by atoms with Gasteiger partial charge in [0, 0.05) is 12.6 Å². The molecule has 0 saturated carbocycles. The molecule has 0 aliphatic heterocycles. The summed E-state index contributed by atoms with van der Waals surface area (Å²) in [7, 11) is 0. The third-order valence-electron chi connectivity index (χ3n) is 1.64. The largest absolute Gasteiger partial charge is 0.380 e. The zero-order valence-corrected chi connectivity index (χ0v) is 9.06. The summed E-state index contributed by atoms with van der Waals surface area (Å²) in [6.45, 7) is 4.28. The SMILES string of the molecule is CCOC[C@H](C)NCC(=O)NCC(F)F. The summed E-state index contributed by atoms with van der Waals surface area (Å²) < 4.78 is 28.5. The maximum Gasteiger partial charge on any atom is 0.255 e. The van der Waals surface area contributed by atoms with Crippen molar-refractivity contribution in [1.82, 2.24) is 10.6 Å². The van der Waals surface area contributed by atoms with Gasteiger partial charge in [0.1, 0.15) is 0 Å². The molecule has 0 aromatic carbocycles. The molecule has 90 valence electrons. The number of alkyl halides is 2. The number of ether oxygens (including phenoxy) is 1. The van der Waals surface area contributed by atoms with Crippen molar-refractivity contribution in [1.29, 1.82) is 0 Å². The van der Waals surface area contributed by atoms with Crippen LogP contribution in [0.1, 0.15) is 13.8 Å². The number of carbonyl (C=O) groups excluding carboxylic acids is 1. The highest BCUT2D eigenvalue weighted by Gasteiger charge is 2.07. The van der Waals surface area contributed by atoms with Crippen molar-refractivity contribution in [3.05, 3.63) is 0 Å². The molecule has 0 fully saturated rings. The van der Waals surface area contributed by atoms with E-state index in [0.29, 0.717) is 13.2 Å². The van der Waals surface area contributed by atoms with E-state index in [-0.39, 0.29) is 12.6 Å². The summed E-state index contributed by atoms with van der Waals surface area (Å²) in [6.07, 6.45) is -2.50. The van der Waals surface area contributed by atoms with Crippen molar-refractivity contribution < 1.29 is 18.3 Å². The molecule has 2 N–H and O–H groups in total. The number of hydrogen-bond acceptors (Lipinski definition) is 3. The van der Waals surface area contributed by atoms with Crippen molar-refractivity contribution in [3.63, 3.8) is 0 Å². The molecule has 0 aliphatic rings. The van der Waals surface area contributed by atoms with Gasteiger partial charge in [-0.15, -0.1) is 0 Å². The van der Waals surface area contributed by atoms with E-state index in [0.717, 1.165) is 0 Å². The van der Waals surface area contributed by atoms with Crippen LogP contribution in [-0.2, 0) is 9.53 Å². The molecule has 0 radical (unpaired) electrons. The Labute approximate surface area is 88.4 Å². The number of carbonyl (C=O) groups is 1. The Morgan fingerprint density at radius 3 is 2.67 bits per heavy atom. The van der Waals surface area contributed by atoms with Crippen molar-refractivity contribution in [2.24, 2.45) is 0 Å². The first-order valence-corrected chi connectivity index (χ1v) is 4.92. The first kappa shape index (κ1) is 14.2. The summed E-state index contributed by atoms with van der Waals surface area (Å²) in [6, 6.07) is 0.0299. The lowest BCUT2D eigenvalue weighted by Crippen LogP contribution is -2.41. The minimum atomic E-state index is -2.50. The molecule has 4 nitrogen and oxygen atoms in total. The van der Waals surface area contributed by atoms with E-state index in [1.54, 1.807) is 0 Å². The molecule has 0 aromatic rings. The number of halogens is 2. The van der Waals surface area contributed by atoms with Gasteiger partial charge in [-0.05, 0) is 13.8 Å². The lowest BCUT2D eigenvalue weighted by molar-refractivity contribution is -0.121. The highest BCUT2D eigenvalue weighted by atomic mass is 19.3. The first-order valence-electron chi connectivity index (χ1n) is 4.92. The summed E-state index contributed by atoms with van der Waals surface area (Å²) in [4.78, 5) is 11.0. The standard InChI is InChI=1S/C9H18F2N2O2/c1-3-15-6-7(2)12-5-9(14)13-4-8(10)11/h7-8,12H,3-6H2,1-2H3,(H,13,14)/t7-/m0/s1. The topological polar surface area (TPSA) is 50.4 Å². The Bertz CT molecular complexity index is 179. The number of nitrogens with one attached hydrogen (secondary N) is 2. The molecular weight excluding hydrogens is 206 g/mol. The zero-order valence-electron chi connectivity index (χ0n) is 9.06. The fraction of sp³-hybridized carbons (Fsp3) is 0.889. The van der Waals surface area contributed by atoms with E-state index < -0.39 is 18.9 Å². The third-order valence-corrected chi connectivity index (χ3v) is 1.64. The average molecular weight is 224 g/mol. The molecule has 0 unspecified atom stereocenters. The fourth-order valence-corrected chi connectivity index (χ4v) is 0.874. The Balaban J connectivity index is 3.44. The zero-order chi connectivity index (χ0) is 11.7. The van der Waals surface area contributed by atoms with Gasteiger partial charge >= 0.3 is 0 Å². The smallest absolute Gasteiger partial charge is 0.255 e. The van der Waals surface area contributed by atoms with Crippen molar-refractivity contribution in [2.75, 3.05) is 26.3 Å². The molecule has 0 spiro atoms. The van der Waals surface area contributed by atoms with Crippen molar-refractivity contribution >= 4 is 5.91 Å². The number of hydrogen-bond donors (Lipinski definition) is 2. The van der Waals surface area contributed by atoms with Crippen LogP contribution in [0.4, 0.5) is 8.78 Å². The van der Waals surface area contributed by atoms with E-state index in [2.05, 4.69) is 10.6 Å². The van der Waals surface area contributed by atoms with Crippen LogP contribution in [0.2, 0.25) is 0 Å². The van der Waals surface area contributed by atoms with E-state index >= 15 is 0 Å². The fourth-order valence-electron chi connectivity index (χ4n) is 0.874. The molecule has 0 aromatic heterocycles. The van der Waals surface area contributed by atoms with E-state index in [1.807, 2.05) is 13.8 Å². The van der Waals surface area contributed by atoms with Crippen LogP contribution < -0.4 is 10.6 Å². The first-order chi connectivity index (χ1) is 7.06. The van der Waals surface area contributed by atoms with Crippen LogP contribution >= 0.6 is 0 Å². The minimum absolute atomic E-state index is 0.0287. The average Bonchev–Trinajstić information content (AvgIpc) is 2.20. The van der Waals surface area contributed by atoms with E-state index in [4.69, 9.17) is 4.74 Å². The van der Waals surface area contributed by atoms with Crippen LogP contribution in [0.15, 0.2) is 0 Å². The van der Waals surface area contributed by atoms with Gasteiger partial charge in [0.15, 0.2) is 0 Å². The minimum Gasteiger partial charge on any atom is -0.380 e. The molecule has 0 saturated heterocycles. The second kappa shape index (κ2) is 8.55. The van der Waals surface area contributed by atoms with E-state index in [1.165, 1.54) is 0 Å². The Kier molecular flexibility index (Phi) is 8.12. The van der Waals surface area contributed by atoms with Gasteiger partial charge in [-0.25, -0.2) is 8.78 Å². The van der Waals surface area contributed by atoms with Crippen molar-refractivity contribution in [3.8, 4) is 0 Å². The maximum atomic E-state index is 11.7. The lowest BCUT2D eigenvalue weighted by Gasteiger charge is -2.13. The molecule has 0 bridgehead atoms. The predicted molar refractivity (Wildman–Crippen MR) is 53.0 cm³/mol. The summed E-state index contributed by atoms with van der Waals surface area (Å²) in [5.41, 5.74) is 0. The van der Waals surface area contributed by atoms with Gasteiger partial charge < -0.3 is 15.4 Å². The van der Waals surface area contributed by atoms with Crippen LogP contribution in [0, 0.1) is 0 Å². The Hall–Kier alpha value is -0.750. The van der Waals surface area contributed by atoms with Crippen LogP contribution in [-0.4, -0.2) is 44.7 Å². The highest BCUT2D eigenvalue weighted by molar-refractivity contribution is 5.77. The van der Waals surface area contributed by atoms with Gasteiger partial charge in [-0.2, -0.15) is 0 Å². The molecule has 0 rings (SSSR count). The molecule has 0 aliphatic carbocycles. The predicted octanol–water partition coefficient (Wildman–Crippen LogP) is 0.382. The van der Waals surface area contributed by atoms with Crippen LogP contribution in [0.25, 0.3) is 0 Å². The highest BCUT2D eigenvalue weighted by Crippen LogP contribution is 1.87. The maximum absolute atomic E-state index is 11.7. The summed E-state index contributed by atoms with van der Waals surface area (Å²) >= 11 is 0. The van der Waals surface area contributed by atoms with Crippen LogP contribution in [0.3, 0.4) is 0 Å². The van der Waals surface area contributed by atoms with Gasteiger partial charge in [-0.1, -0.05) is 0 Å². The number of rotatable bonds is 8. The second-order valence-corrected chi connectivity index (χ2v) is 3.14. The molecule has 1 amide bonds. The van der Waals surface area contributed by atoms with Gasteiger partial charge in [0.05, 0.1) is 19.7 Å². The quantitative estimate of drug-likeness (QED) is 0.627. The van der Waals surface area contributed by atoms with Crippen LogP contribution in [0.5, 0.6) is 0 Å². The molecule has 15 heavy (non-hydrogen) atoms. The van der Waals surface area contributed by atoms with Gasteiger partial charge in [0.2, 0.25) is 5.91 Å². The molecule has 6 heteroatoms. The van der Waals surface area contributed by atoms with Crippen molar-refractivity contribution in [2.45, 2.75) is 26.3 Å². The second-order valence-electron chi connectivity index (χ2n) is 3.14. The lowest BCUT2D eigenvalue weighted by atomic mass is 10.3. The van der Waals surface area contributed by atoms with E-state index in [9.17, 15) is 13.6 Å². The monoisotopic (exact) mass is 224 g/mol. The Morgan fingerprint density at radius 2 is 2.13 bits per heavy atom. The van der Waals surface area contributed by atoms with Gasteiger partial charge in [-0.3, -0.25) is 4.79 Å². The summed E-state index contributed by atoms with van der Waals surface area (Å²) in [5.74, 6) is -0.432. The third kappa shape index (κ3) is 9.55. The molecular formula is C9H18F2N2O2. The summed E-state index contributed by atoms with van der Waals surface area (Å²) in [5, 5.41) is 4.96. The normalized spacial score (nSPS) is 12.9. The molecule has 1 atom stereocenters. The van der Waals surface area contributed by atoms with Gasteiger partial charge in [0.25, 0.3) is 6.43 Å². The Morgan fingerprint density at radius 1 is 1.47 bits per heavy atom.